The molecule has 2 fully saturated rings. The van der Waals surface area contributed by atoms with Crippen LogP contribution in [0.5, 0.6) is 0 Å². The summed E-state index contributed by atoms with van der Waals surface area (Å²) in [5, 5.41) is 3.10. The molecule has 1 saturated heterocycles. The zero-order valence-corrected chi connectivity index (χ0v) is 17.2. The summed E-state index contributed by atoms with van der Waals surface area (Å²) in [6, 6.07) is 5.25. The van der Waals surface area contributed by atoms with Gasteiger partial charge in [-0.3, -0.25) is 14.4 Å². The highest BCUT2D eigenvalue weighted by Gasteiger charge is 2.39. The summed E-state index contributed by atoms with van der Waals surface area (Å²) in [5.41, 5.74) is 0.517. The number of ether oxygens (including phenoxy) is 1. The van der Waals surface area contributed by atoms with E-state index < -0.39 is 17.8 Å². The van der Waals surface area contributed by atoms with Gasteiger partial charge in [-0.15, -0.1) is 0 Å². The predicted octanol–water partition coefficient (Wildman–Crippen LogP) is 3.77. The molecule has 1 heterocycles. The van der Waals surface area contributed by atoms with Crippen LogP contribution in [0.15, 0.2) is 22.7 Å². The van der Waals surface area contributed by atoms with Crippen molar-refractivity contribution in [2.24, 2.45) is 5.92 Å². The molecule has 146 valence electrons. The van der Waals surface area contributed by atoms with Crippen LogP contribution in [0.2, 0.25) is 5.02 Å². The zero-order valence-electron chi connectivity index (χ0n) is 14.9. The number of carbonyl (C=O) groups is 3. The van der Waals surface area contributed by atoms with Gasteiger partial charge in [0.15, 0.2) is 6.61 Å². The zero-order chi connectivity index (χ0) is 19.4. The van der Waals surface area contributed by atoms with Crippen LogP contribution >= 0.6 is 27.5 Å². The highest BCUT2D eigenvalue weighted by Crippen LogP contribution is 2.29. The van der Waals surface area contributed by atoms with Crippen molar-refractivity contribution in [2.45, 2.75) is 44.6 Å². The Bertz CT molecular complexity index is 736. The SMILES string of the molecule is O=C(COC(=O)[C@H]1CC(=O)N(C2CCCCC2)C1)Nc1ccc(Br)c(Cl)c1. The minimum atomic E-state index is -0.495. The lowest BCUT2D eigenvalue weighted by molar-refractivity contribution is -0.151. The van der Waals surface area contributed by atoms with E-state index >= 15 is 0 Å². The fraction of sp³-hybridized carbons (Fsp3) is 0.526. The third kappa shape index (κ3) is 5.23. The Kier molecular flexibility index (Phi) is 6.76. The largest absolute Gasteiger partial charge is 0.455 e. The lowest BCUT2D eigenvalue weighted by Gasteiger charge is -2.31. The average Bonchev–Trinajstić information content (AvgIpc) is 3.05. The van der Waals surface area contributed by atoms with E-state index in [1.54, 1.807) is 18.2 Å². The Morgan fingerprint density at radius 2 is 2.00 bits per heavy atom. The Balaban J connectivity index is 1.46. The summed E-state index contributed by atoms with van der Waals surface area (Å²) in [5.74, 6) is -1.42. The normalized spacial score (nSPS) is 20.6. The van der Waals surface area contributed by atoms with Crippen molar-refractivity contribution in [2.75, 3.05) is 18.5 Å². The van der Waals surface area contributed by atoms with Gasteiger partial charge in [-0.25, -0.2) is 0 Å². The minimum Gasteiger partial charge on any atom is -0.455 e. The number of nitrogens with zero attached hydrogens (tertiary/aromatic N) is 1. The summed E-state index contributed by atoms with van der Waals surface area (Å²) in [4.78, 5) is 38.3. The standard InChI is InChI=1S/C19H22BrClN2O4/c20-15-7-6-13(9-16(15)21)22-17(24)11-27-19(26)12-8-18(25)23(10-12)14-4-2-1-3-5-14/h6-7,9,12,14H,1-5,8,10-11H2,(H,22,24)/t12-/m0/s1. The molecule has 0 unspecified atom stereocenters. The summed E-state index contributed by atoms with van der Waals surface area (Å²) >= 11 is 9.26. The van der Waals surface area contributed by atoms with E-state index in [0.717, 1.165) is 30.2 Å². The van der Waals surface area contributed by atoms with Crippen LogP contribution in [0.25, 0.3) is 0 Å². The first kappa shape index (κ1) is 20.1. The summed E-state index contributed by atoms with van der Waals surface area (Å²) in [7, 11) is 0. The van der Waals surface area contributed by atoms with Gasteiger partial charge in [-0.2, -0.15) is 0 Å². The first-order valence-electron chi connectivity index (χ1n) is 9.15. The molecule has 8 heteroatoms. The highest BCUT2D eigenvalue weighted by atomic mass is 79.9. The van der Waals surface area contributed by atoms with Crippen LogP contribution in [0.4, 0.5) is 5.69 Å². The van der Waals surface area contributed by atoms with Gasteiger partial charge >= 0.3 is 5.97 Å². The molecule has 0 spiro atoms. The lowest BCUT2D eigenvalue weighted by atomic mass is 9.94. The number of benzene rings is 1. The maximum absolute atomic E-state index is 12.3. The molecular formula is C19H22BrClN2O4. The molecule has 3 rings (SSSR count). The topological polar surface area (TPSA) is 75.7 Å². The van der Waals surface area contributed by atoms with Gasteiger partial charge in [-0.05, 0) is 47.0 Å². The van der Waals surface area contributed by atoms with Crippen molar-refractivity contribution < 1.29 is 19.1 Å². The van der Waals surface area contributed by atoms with E-state index in [1.807, 2.05) is 4.90 Å². The van der Waals surface area contributed by atoms with Crippen LogP contribution in [0.3, 0.4) is 0 Å². The molecule has 1 N–H and O–H groups in total. The van der Waals surface area contributed by atoms with Crippen LogP contribution in [0.1, 0.15) is 38.5 Å². The smallest absolute Gasteiger partial charge is 0.311 e. The van der Waals surface area contributed by atoms with Crippen molar-refractivity contribution in [1.29, 1.82) is 0 Å². The molecule has 2 amide bonds. The quantitative estimate of drug-likeness (QED) is 0.683. The number of amides is 2. The summed E-state index contributed by atoms with van der Waals surface area (Å²) < 4.78 is 5.85. The maximum atomic E-state index is 12.3. The number of esters is 1. The minimum absolute atomic E-state index is 0.0119. The van der Waals surface area contributed by atoms with E-state index in [0.29, 0.717) is 17.3 Å². The number of hydrogen-bond donors (Lipinski definition) is 1. The second-order valence-corrected chi connectivity index (χ2v) is 8.29. The van der Waals surface area contributed by atoms with Gasteiger partial charge in [0.1, 0.15) is 0 Å². The molecule has 1 saturated carbocycles. The number of carbonyl (C=O) groups excluding carboxylic acids is 3. The average molecular weight is 458 g/mol. The fourth-order valence-electron chi connectivity index (χ4n) is 3.66. The fourth-order valence-corrected chi connectivity index (χ4v) is 4.09. The molecule has 0 aromatic heterocycles. The molecule has 1 aliphatic carbocycles. The lowest BCUT2D eigenvalue weighted by Crippen LogP contribution is -2.38. The molecule has 0 bridgehead atoms. The molecule has 1 atom stereocenters. The second-order valence-electron chi connectivity index (χ2n) is 7.02. The molecule has 1 aliphatic heterocycles. The van der Waals surface area contributed by atoms with E-state index in [1.165, 1.54) is 6.42 Å². The number of anilines is 1. The third-order valence-corrected chi connectivity index (χ3v) is 6.29. The van der Waals surface area contributed by atoms with Crippen molar-refractivity contribution >= 4 is 51.0 Å². The molecule has 27 heavy (non-hydrogen) atoms. The Morgan fingerprint density at radius 3 is 2.70 bits per heavy atom. The summed E-state index contributed by atoms with van der Waals surface area (Å²) in [6.07, 6.45) is 5.65. The van der Waals surface area contributed by atoms with Gasteiger partial charge in [0, 0.05) is 29.2 Å². The molecular weight excluding hydrogens is 436 g/mol. The van der Waals surface area contributed by atoms with Gasteiger partial charge in [-0.1, -0.05) is 30.9 Å². The van der Waals surface area contributed by atoms with Gasteiger partial charge in [0.25, 0.3) is 5.91 Å². The number of hydrogen-bond acceptors (Lipinski definition) is 4. The van der Waals surface area contributed by atoms with Crippen LogP contribution < -0.4 is 5.32 Å². The first-order chi connectivity index (χ1) is 12.9. The Morgan fingerprint density at radius 1 is 1.26 bits per heavy atom. The second kappa shape index (κ2) is 9.06. The molecule has 6 nitrogen and oxygen atoms in total. The maximum Gasteiger partial charge on any atom is 0.311 e. The first-order valence-corrected chi connectivity index (χ1v) is 10.3. The third-order valence-electron chi connectivity index (χ3n) is 5.06. The van der Waals surface area contributed by atoms with Gasteiger partial charge in [0.2, 0.25) is 5.91 Å². The number of halogens is 2. The van der Waals surface area contributed by atoms with Gasteiger partial charge in [0.05, 0.1) is 10.9 Å². The van der Waals surface area contributed by atoms with Crippen LogP contribution in [-0.4, -0.2) is 41.9 Å². The molecule has 2 aliphatic rings. The van der Waals surface area contributed by atoms with Crippen molar-refractivity contribution in [3.05, 3.63) is 27.7 Å². The molecule has 1 aromatic carbocycles. The van der Waals surface area contributed by atoms with E-state index in [4.69, 9.17) is 16.3 Å². The molecule has 0 radical (unpaired) electrons. The monoisotopic (exact) mass is 456 g/mol. The van der Waals surface area contributed by atoms with Crippen LogP contribution in [-0.2, 0) is 19.1 Å². The van der Waals surface area contributed by atoms with Crippen molar-refractivity contribution in [1.82, 2.24) is 4.90 Å². The predicted molar refractivity (Wildman–Crippen MR) is 105 cm³/mol. The number of nitrogens with one attached hydrogen (secondary N) is 1. The van der Waals surface area contributed by atoms with Gasteiger partial charge < -0.3 is 15.0 Å². The van der Waals surface area contributed by atoms with Crippen molar-refractivity contribution in [3.63, 3.8) is 0 Å². The number of rotatable bonds is 5. The Hall–Kier alpha value is -1.60. The highest BCUT2D eigenvalue weighted by molar-refractivity contribution is 9.10. The summed E-state index contributed by atoms with van der Waals surface area (Å²) in [6.45, 7) is 0.00685. The molecule has 1 aromatic rings. The number of likely N-dealkylation sites (tertiary alicyclic amines) is 1. The Labute approximate surface area is 171 Å². The van der Waals surface area contributed by atoms with E-state index in [9.17, 15) is 14.4 Å². The van der Waals surface area contributed by atoms with E-state index in [-0.39, 0.29) is 25.0 Å². The van der Waals surface area contributed by atoms with E-state index in [2.05, 4.69) is 21.2 Å². The van der Waals surface area contributed by atoms with Crippen molar-refractivity contribution in [3.8, 4) is 0 Å². The van der Waals surface area contributed by atoms with Crippen LogP contribution in [0, 0.1) is 5.92 Å².